The fraction of sp³-hybridized carbons (Fsp3) is 0.449. The van der Waals surface area contributed by atoms with E-state index in [2.05, 4.69) is 62.9 Å². The number of nitrogens with zero attached hydrogens (tertiary/aromatic N) is 4. The van der Waals surface area contributed by atoms with Gasteiger partial charge in [-0.1, -0.05) is 62.3 Å². The molecule has 1 aliphatic heterocycles. The van der Waals surface area contributed by atoms with Crippen molar-refractivity contribution in [3.8, 4) is 27.3 Å². The molecule has 13 nitrogen and oxygen atoms in total. The first-order valence-corrected chi connectivity index (χ1v) is 22.6. The van der Waals surface area contributed by atoms with Crippen LogP contribution in [0, 0.1) is 33.1 Å². The second-order valence-corrected chi connectivity index (χ2v) is 18.4. The number of aliphatic hydroxyl groups is 1. The van der Waals surface area contributed by atoms with Gasteiger partial charge in [0.2, 0.25) is 17.7 Å². The molecular formula is C49H62N6O7S. The fourth-order valence-corrected chi connectivity index (χ4v) is 8.95. The average molecular weight is 879 g/mol. The van der Waals surface area contributed by atoms with E-state index in [0.717, 1.165) is 92.8 Å². The second kappa shape index (κ2) is 20.7. The minimum Gasteiger partial charge on any atom is -0.497 e. The number of thiazole rings is 1. The monoisotopic (exact) mass is 878 g/mol. The Kier molecular flexibility index (Phi) is 15.4. The van der Waals surface area contributed by atoms with Gasteiger partial charge in [0.1, 0.15) is 30.2 Å². The number of ether oxygens (including phenoxy) is 2. The van der Waals surface area contributed by atoms with Crippen LogP contribution in [0.5, 0.6) is 5.75 Å². The van der Waals surface area contributed by atoms with E-state index >= 15 is 0 Å². The summed E-state index contributed by atoms with van der Waals surface area (Å²) < 4.78 is 16.7. The first-order valence-electron chi connectivity index (χ1n) is 21.7. The van der Waals surface area contributed by atoms with Crippen LogP contribution in [0.15, 0.2) is 76.8 Å². The molecule has 0 bridgehead atoms. The minimum absolute atomic E-state index is 0.00471. The van der Waals surface area contributed by atoms with E-state index in [4.69, 9.17) is 14.0 Å². The summed E-state index contributed by atoms with van der Waals surface area (Å²) in [4.78, 5) is 50.3. The van der Waals surface area contributed by atoms with Gasteiger partial charge in [-0.3, -0.25) is 14.4 Å². The summed E-state index contributed by atoms with van der Waals surface area (Å²) in [5, 5.41) is 20.8. The van der Waals surface area contributed by atoms with Crippen molar-refractivity contribution in [3.05, 3.63) is 101 Å². The number of unbranched alkanes of at least 4 members (excludes halogenated alkanes) is 2. The zero-order valence-electron chi connectivity index (χ0n) is 38.0. The molecule has 2 aromatic heterocycles. The molecule has 3 amide bonds. The van der Waals surface area contributed by atoms with Gasteiger partial charge in [-0.05, 0) is 112 Å². The van der Waals surface area contributed by atoms with Gasteiger partial charge in [0.25, 0.3) is 0 Å². The summed E-state index contributed by atoms with van der Waals surface area (Å²) in [5.74, 6) is 0.365. The number of amides is 3. The van der Waals surface area contributed by atoms with Crippen molar-refractivity contribution in [3.63, 3.8) is 0 Å². The molecule has 336 valence electrons. The summed E-state index contributed by atoms with van der Waals surface area (Å²) >= 11 is 1.58. The number of methoxy groups -OCH3 is 1. The predicted octanol–water partition coefficient (Wildman–Crippen LogP) is 8.40. The van der Waals surface area contributed by atoms with Gasteiger partial charge in [-0.25, -0.2) is 4.98 Å². The number of likely N-dealkylation sites (tertiary alicyclic amines) is 1. The Balaban J connectivity index is 1.01. The third-order valence-electron chi connectivity index (χ3n) is 11.7. The third kappa shape index (κ3) is 11.5. The summed E-state index contributed by atoms with van der Waals surface area (Å²) in [6.07, 6.45) is 1.70. The molecule has 3 aromatic carbocycles. The standard InChI is InChI=1S/C49H62N6O7S/c1-30-13-14-37(44-32(3)53-62-34(44)5)25-41(30)54(38-19-21-40(60-9)22-20-38)23-11-10-12-24-61-28-43(57)52-46(49(6,7)8)48(59)55-27-39(56)26-42(55)47(58)51-31(2)35-15-17-36(18-16-35)45-33(4)50-29-63-45/h13-22,25,29,31,39,42,46,56H,10-12,23-24,26-28H2,1-9H3,(H,51,58)(H,52,57)/t31-,39+,42-,46+/m0/s1. The Morgan fingerprint density at radius 1 is 0.952 bits per heavy atom. The molecule has 5 aromatic rings. The molecule has 1 aliphatic rings. The van der Waals surface area contributed by atoms with Crippen LogP contribution in [0.25, 0.3) is 21.6 Å². The number of carbonyl (C=O) groups excluding carboxylic acids is 3. The lowest BCUT2D eigenvalue weighted by Gasteiger charge is -2.35. The molecule has 1 saturated heterocycles. The summed E-state index contributed by atoms with van der Waals surface area (Å²) in [5.41, 5.74) is 10.2. The maximum absolute atomic E-state index is 14.1. The highest BCUT2D eigenvalue weighted by Gasteiger charge is 2.44. The topological polar surface area (TPSA) is 159 Å². The Morgan fingerprint density at radius 3 is 2.30 bits per heavy atom. The molecule has 1 fully saturated rings. The first kappa shape index (κ1) is 46.9. The van der Waals surface area contributed by atoms with Gasteiger partial charge in [0, 0.05) is 43.1 Å². The lowest BCUT2D eigenvalue weighted by molar-refractivity contribution is -0.144. The summed E-state index contributed by atoms with van der Waals surface area (Å²) in [6, 6.07) is 20.3. The number of aliphatic hydroxyl groups excluding tert-OH is 1. The number of anilines is 2. The van der Waals surface area contributed by atoms with Crippen LogP contribution in [0.3, 0.4) is 0 Å². The van der Waals surface area contributed by atoms with Crippen LogP contribution in [0.1, 0.15) is 87.7 Å². The second-order valence-electron chi connectivity index (χ2n) is 17.5. The molecule has 0 saturated carbocycles. The molecule has 0 unspecified atom stereocenters. The van der Waals surface area contributed by atoms with E-state index in [1.807, 2.05) is 90.4 Å². The summed E-state index contributed by atoms with van der Waals surface area (Å²) in [6.45, 7) is 16.3. The predicted molar refractivity (Wildman–Crippen MR) is 247 cm³/mol. The van der Waals surface area contributed by atoms with Crippen LogP contribution < -0.4 is 20.3 Å². The molecule has 14 heteroatoms. The number of carbonyl (C=O) groups is 3. The van der Waals surface area contributed by atoms with Crippen LogP contribution >= 0.6 is 11.3 Å². The van der Waals surface area contributed by atoms with E-state index in [1.54, 1.807) is 18.4 Å². The quantitative estimate of drug-likeness (QED) is 0.0730. The van der Waals surface area contributed by atoms with Crippen LogP contribution in [-0.2, 0) is 19.1 Å². The Hall–Kier alpha value is -5.57. The third-order valence-corrected chi connectivity index (χ3v) is 12.6. The number of aromatic nitrogens is 2. The molecule has 0 aliphatic carbocycles. The van der Waals surface area contributed by atoms with E-state index in [1.165, 1.54) is 4.90 Å². The van der Waals surface area contributed by atoms with Gasteiger partial charge in [-0.15, -0.1) is 11.3 Å². The molecule has 6 rings (SSSR count). The number of β-amino-alcohol motifs (C(OH)–C–C–N with tert-alkyl or cyclic N) is 1. The molecule has 3 heterocycles. The highest BCUT2D eigenvalue weighted by atomic mass is 32.1. The molecule has 63 heavy (non-hydrogen) atoms. The highest BCUT2D eigenvalue weighted by molar-refractivity contribution is 7.13. The van der Waals surface area contributed by atoms with E-state index in [0.29, 0.717) is 6.61 Å². The maximum Gasteiger partial charge on any atom is 0.246 e. The van der Waals surface area contributed by atoms with Gasteiger partial charge in [0.05, 0.1) is 41.0 Å². The van der Waals surface area contributed by atoms with E-state index < -0.39 is 35.4 Å². The van der Waals surface area contributed by atoms with Gasteiger partial charge in [0.15, 0.2) is 0 Å². The molecular weight excluding hydrogens is 817 g/mol. The number of nitrogens with one attached hydrogen (secondary N) is 2. The van der Waals surface area contributed by atoms with Crippen molar-refractivity contribution < 1.29 is 33.5 Å². The highest BCUT2D eigenvalue weighted by Crippen LogP contribution is 2.36. The van der Waals surface area contributed by atoms with Crippen molar-refractivity contribution in [2.75, 3.05) is 38.3 Å². The summed E-state index contributed by atoms with van der Waals surface area (Å²) in [7, 11) is 1.66. The SMILES string of the molecule is COc1ccc(N(CCCCCOCC(=O)N[C@H](C(=O)N2C[C@H](O)C[C@H]2C(=O)N[C@@H](C)c2ccc(-c3scnc3C)cc2)C(C)(C)C)c2cc(-c3c(C)noc3C)ccc2C)cc1. The maximum atomic E-state index is 14.1. The zero-order chi connectivity index (χ0) is 45.4. The largest absolute Gasteiger partial charge is 0.497 e. The van der Waals surface area contributed by atoms with Crippen LogP contribution in [0.4, 0.5) is 11.4 Å². The lowest BCUT2D eigenvalue weighted by atomic mass is 9.85. The molecule has 0 spiro atoms. The Labute approximate surface area is 375 Å². The van der Waals surface area contributed by atoms with Crippen molar-refractivity contribution >= 4 is 40.4 Å². The van der Waals surface area contributed by atoms with Crippen molar-refractivity contribution in [1.82, 2.24) is 25.7 Å². The number of rotatable bonds is 18. The Morgan fingerprint density at radius 2 is 1.67 bits per heavy atom. The van der Waals surface area contributed by atoms with E-state index in [9.17, 15) is 19.5 Å². The minimum atomic E-state index is -0.946. The van der Waals surface area contributed by atoms with Crippen molar-refractivity contribution in [2.45, 2.75) is 105 Å². The smallest absolute Gasteiger partial charge is 0.246 e. The van der Waals surface area contributed by atoms with Crippen molar-refractivity contribution in [1.29, 1.82) is 0 Å². The van der Waals surface area contributed by atoms with E-state index in [-0.39, 0.29) is 31.5 Å². The Bertz CT molecular complexity index is 2320. The fourth-order valence-electron chi connectivity index (χ4n) is 8.14. The average Bonchev–Trinajstić information content (AvgIpc) is 3.97. The van der Waals surface area contributed by atoms with Gasteiger partial charge >= 0.3 is 0 Å². The molecule has 0 radical (unpaired) electrons. The first-order chi connectivity index (χ1) is 30.0. The molecule has 4 atom stereocenters. The number of hydrogen-bond donors (Lipinski definition) is 3. The lowest BCUT2D eigenvalue weighted by Crippen LogP contribution is -2.58. The number of hydrogen-bond acceptors (Lipinski definition) is 11. The van der Waals surface area contributed by atoms with Crippen molar-refractivity contribution in [2.24, 2.45) is 5.41 Å². The zero-order valence-corrected chi connectivity index (χ0v) is 38.8. The van der Waals surface area contributed by atoms with Gasteiger partial charge in [-0.2, -0.15) is 0 Å². The normalized spacial score (nSPS) is 16.1. The number of aryl methyl sites for hydroxylation is 4. The van der Waals surface area contributed by atoms with Crippen LogP contribution in [0.2, 0.25) is 0 Å². The van der Waals surface area contributed by atoms with Gasteiger partial charge < -0.3 is 39.5 Å². The number of benzene rings is 3. The molecule has 3 N–H and O–H groups in total. The van der Waals surface area contributed by atoms with Crippen LogP contribution in [-0.4, -0.2) is 89.5 Å².